The summed E-state index contributed by atoms with van der Waals surface area (Å²) < 4.78 is 2.21. The molecule has 0 unspecified atom stereocenters. The molecule has 7 heteroatoms. The molecule has 0 saturated carbocycles. The number of hydrogen-bond donors (Lipinski definition) is 0. The molecule has 1 amide bonds. The Bertz CT molecular complexity index is 1120. The lowest BCUT2D eigenvalue weighted by molar-refractivity contribution is -0.132. The number of anilines is 1. The summed E-state index contributed by atoms with van der Waals surface area (Å²) in [6.07, 6.45) is 3.16. The third kappa shape index (κ3) is 4.54. The van der Waals surface area contributed by atoms with E-state index in [9.17, 15) is 4.79 Å². The number of piperazine rings is 1. The number of carbonyl (C=O) groups excluding carboxylic acids is 1. The maximum atomic E-state index is 12.9. The van der Waals surface area contributed by atoms with Crippen LogP contribution in [-0.4, -0.2) is 66.5 Å². The lowest BCUT2D eigenvalue weighted by Gasteiger charge is -2.36. The summed E-state index contributed by atoms with van der Waals surface area (Å²) in [4.78, 5) is 24.0. The Hall–Kier alpha value is -2.22. The molecular weight excluding hydrogens is 472 g/mol. The van der Waals surface area contributed by atoms with Crippen LogP contribution in [0.25, 0.3) is 15.7 Å². The quantitative estimate of drug-likeness (QED) is 0.498. The molecule has 5 rings (SSSR count). The zero-order valence-corrected chi connectivity index (χ0v) is 19.7. The molecule has 0 spiro atoms. The van der Waals surface area contributed by atoms with Crippen molar-refractivity contribution in [2.24, 2.45) is 0 Å². The van der Waals surface area contributed by atoms with Crippen molar-refractivity contribution in [2.75, 3.05) is 50.7 Å². The Labute approximate surface area is 195 Å². The molecule has 0 bridgehead atoms. The number of pyridine rings is 1. The Balaban J connectivity index is 1.16. The fraction of sp³-hybridized carbons (Fsp3) is 0.333. The lowest BCUT2D eigenvalue weighted by atomic mass is 9.98. The average Bonchev–Trinajstić information content (AvgIpc) is 3.29. The molecule has 0 N–H and O–H groups in total. The summed E-state index contributed by atoms with van der Waals surface area (Å²) in [6.45, 7) is 5.57. The zero-order chi connectivity index (χ0) is 21.2. The Kier molecular flexibility index (Phi) is 6.07. The minimum atomic E-state index is 0.235. The van der Waals surface area contributed by atoms with E-state index in [1.54, 1.807) is 11.3 Å². The average molecular weight is 497 g/mol. The standard InChI is InChI=1S/C24H25BrN4OS/c25-21-5-2-6-22(26-21)28-14-12-27(13-15-28)17-23(30)29-10-7-18(8-11-29)20-4-1-3-19-9-16-31-24(19)20/h1-7,9,16H,8,10-15,17H2. The number of amides is 1. The number of nitrogens with zero attached hydrogens (tertiary/aromatic N) is 4. The smallest absolute Gasteiger partial charge is 0.237 e. The van der Waals surface area contributed by atoms with Gasteiger partial charge in [0.2, 0.25) is 5.91 Å². The second-order valence-corrected chi connectivity index (χ2v) is 9.77. The molecule has 0 aliphatic carbocycles. The van der Waals surface area contributed by atoms with Crippen LogP contribution in [0.3, 0.4) is 0 Å². The van der Waals surface area contributed by atoms with Crippen LogP contribution >= 0.6 is 27.3 Å². The predicted molar refractivity (Wildman–Crippen MR) is 132 cm³/mol. The zero-order valence-electron chi connectivity index (χ0n) is 17.3. The predicted octanol–water partition coefficient (Wildman–Crippen LogP) is 4.50. The summed E-state index contributed by atoms with van der Waals surface area (Å²) >= 11 is 5.24. The van der Waals surface area contributed by atoms with Gasteiger partial charge in [-0.3, -0.25) is 9.69 Å². The van der Waals surface area contributed by atoms with Crippen molar-refractivity contribution in [1.29, 1.82) is 0 Å². The first-order valence-electron chi connectivity index (χ1n) is 10.7. The molecule has 160 valence electrons. The molecule has 0 radical (unpaired) electrons. The number of carbonyl (C=O) groups is 1. The van der Waals surface area contributed by atoms with Crippen molar-refractivity contribution in [3.8, 4) is 0 Å². The molecule has 1 aromatic carbocycles. The third-order valence-electron chi connectivity index (χ3n) is 6.14. The normalized spacial score (nSPS) is 17.8. The topological polar surface area (TPSA) is 39.7 Å². The maximum absolute atomic E-state index is 12.9. The van der Waals surface area contributed by atoms with Gasteiger partial charge in [-0.15, -0.1) is 11.3 Å². The number of halogens is 1. The van der Waals surface area contributed by atoms with E-state index in [1.165, 1.54) is 21.2 Å². The highest BCUT2D eigenvalue weighted by Crippen LogP contribution is 2.32. The highest BCUT2D eigenvalue weighted by Gasteiger charge is 2.24. The molecule has 1 fully saturated rings. The van der Waals surface area contributed by atoms with Gasteiger partial charge >= 0.3 is 0 Å². The van der Waals surface area contributed by atoms with Crippen molar-refractivity contribution >= 4 is 54.7 Å². The lowest BCUT2D eigenvalue weighted by Crippen LogP contribution is -2.50. The van der Waals surface area contributed by atoms with Crippen molar-refractivity contribution in [3.05, 3.63) is 64.1 Å². The summed E-state index contributed by atoms with van der Waals surface area (Å²) in [5, 5.41) is 3.46. The van der Waals surface area contributed by atoms with Gasteiger partial charge in [-0.2, -0.15) is 0 Å². The summed E-state index contributed by atoms with van der Waals surface area (Å²) in [5.41, 5.74) is 2.70. The molecular formula is C24H25BrN4OS. The molecule has 0 atom stereocenters. The number of rotatable bonds is 4. The van der Waals surface area contributed by atoms with Crippen molar-refractivity contribution in [2.45, 2.75) is 6.42 Å². The second-order valence-electron chi connectivity index (χ2n) is 8.05. The number of benzene rings is 1. The van der Waals surface area contributed by atoms with Gasteiger partial charge in [0.25, 0.3) is 0 Å². The summed E-state index contributed by atoms with van der Waals surface area (Å²) in [5.74, 6) is 1.23. The number of aromatic nitrogens is 1. The first kappa shape index (κ1) is 20.7. The van der Waals surface area contributed by atoms with Gasteiger partial charge in [-0.1, -0.05) is 30.3 Å². The summed E-state index contributed by atoms with van der Waals surface area (Å²) in [7, 11) is 0. The van der Waals surface area contributed by atoms with Gasteiger partial charge in [-0.05, 0) is 62.5 Å². The molecule has 3 aromatic rings. The van der Waals surface area contributed by atoms with Crippen LogP contribution in [0, 0.1) is 0 Å². The minimum Gasteiger partial charge on any atom is -0.354 e. The Morgan fingerprint density at radius 3 is 2.65 bits per heavy atom. The van der Waals surface area contributed by atoms with Crippen LogP contribution in [0.4, 0.5) is 5.82 Å². The Morgan fingerprint density at radius 2 is 1.87 bits per heavy atom. The highest BCUT2D eigenvalue weighted by atomic mass is 79.9. The molecule has 2 aliphatic rings. The van der Waals surface area contributed by atoms with E-state index in [-0.39, 0.29) is 5.91 Å². The minimum absolute atomic E-state index is 0.235. The number of thiophene rings is 1. The van der Waals surface area contributed by atoms with Gasteiger partial charge in [0, 0.05) is 44.0 Å². The van der Waals surface area contributed by atoms with Crippen LogP contribution in [0.5, 0.6) is 0 Å². The van der Waals surface area contributed by atoms with E-state index in [2.05, 4.69) is 66.4 Å². The Morgan fingerprint density at radius 1 is 1.03 bits per heavy atom. The van der Waals surface area contributed by atoms with E-state index >= 15 is 0 Å². The maximum Gasteiger partial charge on any atom is 0.237 e. The van der Waals surface area contributed by atoms with Crippen LogP contribution in [0.15, 0.2) is 58.5 Å². The van der Waals surface area contributed by atoms with Crippen LogP contribution in [-0.2, 0) is 4.79 Å². The first-order valence-corrected chi connectivity index (χ1v) is 12.4. The van der Waals surface area contributed by atoms with Crippen LogP contribution < -0.4 is 4.90 Å². The second kappa shape index (κ2) is 9.10. The molecule has 2 aromatic heterocycles. The monoisotopic (exact) mass is 496 g/mol. The van der Waals surface area contributed by atoms with Gasteiger partial charge in [0.15, 0.2) is 0 Å². The fourth-order valence-electron chi connectivity index (χ4n) is 4.39. The number of hydrogen-bond acceptors (Lipinski definition) is 5. The first-order chi connectivity index (χ1) is 15.2. The van der Waals surface area contributed by atoms with E-state index in [0.717, 1.165) is 49.6 Å². The largest absolute Gasteiger partial charge is 0.354 e. The highest BCUT2D eigenvalue weighted by molar-refractivity contribution is 9.10. The molecule has 2 aliphatic heterocycles. The van der Waals surface area contributed by atoms with Crippen LogP contribution in [0.2, 0.25) is 0 Å². The SMILES string of the molecule is O=C(CN1CCN(c2cccc(Br)n2)CC1)N1CC=C(c2cccc3ccsc23)CC1. The van der Waals surface area contributed by atoms with Crippen molar-refractivity contribution in [3.63, 3.8) is 0 Å². The molecule has 5 nitrogen and oxygen atoms in total. The van der Waals surface area contributed by atoms with Gasteiger partial charge in [0.05, 0.1) is 6.54 Å². The van der Waals surface area contributed by atoms with Gasteiger partial charge in [-0.25, -0.2) is 4.98 Å². The molecule has 31 heavy (non-hydrogen) atoms. The molecule has 1 saturated heterocycles. The molecule has 4 heterocycles. The van der Waals surface area contributed by atoms with E-state index in [0.29, 0.717) is 13.1 Å². The van der Waals surface area contributed by atoms with Gasteiger partial charge < -0.3 is 9.80 Å². The van der Waals surface area contributed by atoms with E-state index < -0.39 is 0 Å². The van der Waals surface area contributed by atoms with Crippen LogP contribution in [0.1, 0.15) is 12.0 Å². The van der Waals surface area contributed by atoms with Crippen molar-refractivity contribution in [1.82, 2.24) is 14.8 Å². The van der Waals surface area contributed by atoms with Gasteiger partial charge in [0.1, 0.15) is 10.4 Å². The third-order valence-corrected chi connectivity index (χ3v) is 7.55. The van der Waals surface area contributed by atoms with E-state index in [4.69, 9.17) is 0 Å². The van der Waals surface area contributed by atoms with E-state index in [1.807, 2.05) is 23.1 Å². The summed E-state index contributed by atoms with van der Waals surface area (Å²) in [6, 6.07) is 14.7. The fourth-order valence-corrected chi connectivity index (χ4v) is 5.67. The number of fused-ring (bicyclic) bond motifs is 1. The van der Waals surface area contributed by atoms with Crippen molar-refractivity contribution < 1.29 is 4.79 Å².